The molecule has 9 nitrogen and oxygen atoms in total. The molecule has 0 radical (unpaired) electrons. The minimum atomic E-state index is -0.455. The van der Waals surface area contributed by atoms with Crippen LogP contribution in [0.2, 0.25) is 0 Å². The van der Waals surface area contributed by atoms with Crippen LogP contribution in [-0.2, 0) is 0 Å². The predicted octanol–water partition coefficient (Wildman–Crippen LogP) is 2.22. The predicted molar refractivity (Wildman–Crippen MR) is 105 cm³/mol. The Morgan fingerprint density at radius 1 is 1.11 bits per heavy atom. The van der Waals surface area contributed by atoms with Gasteiger partial charge in [0.15, 0.2) is 0 Å². The Hall–Kier alpha value is -3.88. The highest BCUT2D eigenvalue weighted by atomic mass is 16.6. The number of nitrogens with zero attached hydrogens (tertiary/aromatic N) is 2. The molecular formula is C19H19N5O4. The maximum atomic E-state index is 12.2. The summed E-state index contributed by atoms with van der Waals surface area (Å²) in [6.45, 7) is 2.67. The molecule has 0 saturated heterocycles. The lowest BCUT2D eigenvalue weighted by atomic mass is 10.2. The van der Waals surface area contributed by atoms with E-state index in [9.17, 15) is 19.7 Å². The first kappa shape index (κ1) is 18.9. The molecule has 28 heavy (non-hydrogen) atoms. The van der Waals surface area contributed by atoms with Crippen molar-refractivity contribution in [1.82, 2.24) is 14.9 Å². The summed E-state index contributed by atoms with van der Waals surface area (Å²) in [4.78, 5) is 36.8. The number of nitrogens with one attached hydrogen (secondary N) is 3. The van der Waals surface area contributed by atoms with E-state index in [-0.39, 0.29) is 17.3 Å². The van der Waals surface area contributed by atoms with Gasteiger partial charge in [0.25, 0.3) is 11.6 Å². The van der Waals surface area contributed by atoms with E-state index in [4.69, 9.17) is 0 Å². The van der Waals surface area contributed by atoms with Crippen LogP contribution in [0.1, 0.15) is 16.1 Å². The molecule has 3 aromatic rings. The van der Waals surface area contributed by atoms with Crippen molar-refractivity contribution in [2.45, 2.75) is 6.92 Å². The highest BCUT2D eigenvalue weighted by Crippen LogP contribution is 2.15. The number of nitro groups is 1. The van der Waals surface area contributed by atoms with Gasteiger partial charge in [-0.3, -0.25) is 19.5 Å². The molecule has 0 aliphatic carbocycles. The number of aromatic nitrogens is 2. The lowest BCUT2D eigenvalue weighted by Gasteiger charge is -2.09. The zero-order valence-corrected chi connectivity index (χ0v) is 15.1. The molecule has 9 heteroatoms. The summed E-state index contributed by atoms with van der Waals surface area (Å²) in [5.41, 5.74) is 2.47. The third-order valence-electron chi connectivity index (χ3n) is 4.17. The van der Waals surface area contributed by atoms with Crippen LogP contribution in [0, 0.1) is 17.0 Å². The molecule has 0 unspecified atom stereocenters. The number of rotatable bonds is 7. The van der Waals surface area contributed by atoms with E-state index in [2.05, 4.69) is 15.6 Å². The monoisotopic (exact) mass is 381 g/mol. The number of benzene rings is 2. The Bertz CT molecular complexity index is 1040. The smallest absolute Gasteiger partial charge is 0.330 e. The van der Waals surface area contributed by atoms with E-state index in [1.54, 1.807) is 42.6 Å². The molecule has 1 heterocycles. The zero-order chi connectivity index (χ0) is 20.1. The zero-order valence-electron chi connectivity index (χ0n) is 15.1. The van der Waals surface area contributed by atoms with E-state index in [1.165, 1.54) is 16.7 Å². The maximum absolute atomic E-state index is 12.2. The summed E-state index contributed by atoms with van der Waals surface area (Å²) in [6, 6.07) is 12.8. The minimum Gasteiger partial charge on any atom is -0.383 e. The second-order valence-electron chi connectivity index (χ2n) is 6.10. The Morgan fingerprint density at radius 2 is 1.79 bits per heavy atom. The van der Waals surface area contributed by atoms with Crippen molar-refractivity contribution in [3.8, 4) is 5.69 Å². The fourth-order valence-electron chi connectivity index (χ4n) is 2.72. The average Bonchev–Trinajstić information content (AvgIpc) is 3.03. The number of amides is 1. The highest BCUT2D eigenvalue weighted by Gasteiger charge is 2.08. The van der Waals surface area contributed by atoms with Crippen LogP contribution in [0.25, 0.3) is 5.69 Å². The fraction of sp³-hybridized carbons (Fsp3) is 0.158. The Morgan fingerprint density at radius 3 is 2.36 bits per heavy atom. The first-order valence-electron chi connectivity index (χ1n) is 8.60. The van der Waals surface area contributed by atoms with Crippen molar-refractivity contribution in [1.29, 1.82) is 0 Å². The van der Waals surface area contributed by atoms with Crippen molar-refractivity contribution in [2.24, 2.45) is 0 Å². The van der Waals surface area contributed by atoms with Crippen molar-refractivity contribution < 1.29 is 9.72 Å². The molecule has 0 fully saturated rings. The van der Waals surface area contributed by atoms with Crippen LogP contribution in [0.15, 0.2) is 59.5 Å². The summed E-state index contributed by atoms with van der Waals surface area (Å²) in [7, 11) is 0. The third kappa shape index (κ3) is 4.26. The number of imidazole rings is 1. The number of non-ortho nitro benzene ring substituents is 1. The second kappa shape index (κ2) is 8.21. The van der Waals surface area contributed by atoms with E-state index >= 15 is 0 Å². The van der Waals surface area contributed by atoms with Gasteiger partial charge in [-0.15, -0.1) is 0 Å². The summed E-state index contributed by atoms with van der Waals surface area (Å²) >= 11 is 0. The second-order valence-corrected chi connectivity index (χ2v) is 6.10. The van der Waals surface area contributed by atoms with Crippen LogP contribution in [0.5, 0.6) is 0 Å². The van der Waals surface area contributed by atoms with Gasteiger partial charge >= 0.3 is 5.69 Å². The average molecular weight is 381 g/mol. The fourth-order valence-corrected chi connectivity index (χ4v) is 2.72. The lowest BCUT2D eigenvalue weighted by Crippen LogP contribution is -2.28. The lowest BCUT2D eigenvalue weighted by molar-refractivity contribution is -0.384. The van der Waals surface area contributed by atoms with Crippen LogP contribution in [-0.4, -0.2) is 33.5 Å². The van der Waals surface area contributed by atoms with Gasteiger partial charge in [0.2, 0.25) is 0 Å². The van der Waals surface area contributed by atoms with Crippen molar-refractivity contribution in [2.75, 3.05) is 18.4 Å². The van der Waals surface area contributed by atoms with Crippen molar-refractivity contribution >= 4 is 17.3 Å². The highest BCUT2D eigenvalue weighted by molar-refractivity contribution is 5.94. The number of H-pyrrole nitrogens is 1. The molecule has 1 amide bonds. The summed E-state index contributed by atoms with van der Waals surface area (Å²) in [5.74, 6) is -0.227. The normalized spacial score (nSPS) is 10.5. The van der Waals surface area contributed by atoms with Gasteiger partial charge in [0.05, 0.1) is 10.6 Å². The largest absolute Gasteiger partial charge is 0.383 e. The quantitative estimate of drug-likeness (QED) is 0.329. The molecule has 0 atom stereocenters. The van der Waals surface area contributed by atoms with Crippen LogP contribution in [0.3, 0.4) is 0 Å². The molecule has 3 rings (SSSR count). The number of carbonyl (C=O) groups excluding carboxylic acids is 1. The van der Waals surface area contributed by atoms with Crippen LogP contribution in [0.4, 0.5) is 11.4 Å². The standard InChI is InChI=1S/C19H19N5O4/c1-13-12-22-19(26)23(13)16-6-2-14(3-7-16)18(25)21-11-10-20-15-4-8-17(9-5-15)24(27)28/h2-9,12,20H,10-11H2,1H3,(H,21,25)(H,22,26). The van der Waals surface area contributed by atoms with Gasteiger partial charge in [-0.2, -0.15) is 0 Å². The Kier molecular flexibility index (Phi) is 5.54. The molecule has 0 spiro atoms. The molecule has 3 N–H and O–H groups in total. The first-order valence-corrected chi connectivity index (χ1v) is 8.60. The van der Waals surface area contributed by atoms with Gasteiger partial charge in [0, 0.05) is 48.4 Å². The van der Waals surface area contributed by atoms with Gasteiger partial charge < -0.3 is 15.6 Å². The number of hydrogen-bond acceptors (Lipinski definition) is 5. The molecule has 0 saturated carbocycles. The van der Waals surface area contributed by atoms with Gasteiger partial charge in [-0.25, -0.2) is 4.79 Å². The Balaban J connectivity index is 1.51. The molecule has 0 bridgehead atoms. The summed E-state index contributed by atoms with van der Waals surface area (Å²) in [6.07, 6.45) is 1.63. The molecule has 144 valence electrons. The number of nitro benzene ring substituents is 1. The third-order valence-corrected chi connectivity index (χ3v) is 4.17. The maximum Gasteiger partial charge on any atom is 0.330 e. The molecule has 1 aromatic heterocycles. The van der Waals surface area contributed by atoms with Crippen molar-refractivity contribution in [3.05, 3.63) is 86.6 Å². The number of aryl methyl sites for hydroxylation is 1. The number of hydrogen-bond donors (Lipinski definition) is 3. The van der Waals surface area contributed by atoms with Gasteiger partial charge in [0.1, 0.15) is 0 Å². The minimum absolute atomic E-state index is 0.0272. The molecule has 0 aliphatic heterocycles. The van der Waals surface area contributed by atoms with E-state index < -0.39 is 4.92 Å². The van der Waals surface area contributed by atoms with Crippen molar-refractivity contribution in [3.63, 3.8) is 0 Å². The molecular weight excluding hydrogens is 362 g/mol. The van der Waals surface area contributed by atoms with Crippen LogP contribution >= 0.6 is 0 Å². The SMILES string of the molecule is Cc1c[nH]c(=O)n1-c1ccc(C(=O)NCCNc2ccc([N+](=O)[O-])cc2)cc1. The van der Waals surface area contributed by atoms with Gasteiger partial charge in [-0.05, 0) is 43.3 Å². The molecule has 2 aromatic carbocycles. The van der Waals surface area contributed by atoms with E-state index in [1.807, 2.05) is 6.92 Å². The van der Waals surface area contributed by atoms with E-state index in [0.717, 1.165) is 11.4 Å². The summed E-state index contributed by atoms with van der Waals surface area (Å²) < 4.78 is 1.52. The first-order chi connectivity index (χ1) is 13.5. The van der Waals surface area contributed by atoms with Gasteiger partial charge in [-0.1, -0.05) is 0 Å². The van der Waals surface area contributed by atoms with E-state index in [0.29, 0.717) is 24.3 Å². The van der Waals surface area contributed by atoms with Crippen LogP contribution < -0.4 is 16.3 Å². The Labute approximate surface area is 160 Å². The summed E-state index contributed by atoms with van der Waals surface area (Å²) in [5, 5.41) is 16.5. The molecule has 0 aliphatic rings. The number of aromatic amines is 1. The number of carbonyl (C=O) groups is 1. The number of anilines is 1. The topological polar surface area (TPSA) is 122 Å².